The Morgan fingerprint density at radius 1 is 1.15 bits per heavy atom. The maximum Gasteiger partial charge on any atom is 0.243 e. The summed E-state index contributed by atoms with van der Waals surface area (Å²) in [4.78, 5) is 15.2. The summed E-state index contributed by atoms with van der Waals surface area (Å²) < 4.78 is 30.0. The zero-order valence-corrected chi connectivity index (χ0v) is 20.1. The molecule has 1 saturated heterocycles. The second-order valence-corrected chi connectivity index (χ2v) is 10.8. The predicted octanol–water partition coefficient (Wildman–Crippen LogP) is 2.83. The topological polar surface area (TPSA) is 74.7 Å². The number of hydrogen-bond donors (Lipinski definition) is 1. The number of aromatic nitrogens is 1. The van der Waals surface area contributed by atoms with E-state index in [1.54, 1.807) is 12.1 Å². The minimum Gasteiger partial charge on any atom is -0.355 e. The number of fused-ring (bicyclic) bond motifs is 1. The van der Waals surface area contributed by atoms with E-state index in [4.69, 9.17) is 0 Å². The van der Waals surface area contributed by atoms with E-state index in [2.05, 4.69) is 22.3 Å². The van der Waals surface area contributed by atoms with Crippen LogP contribution in [0.3, 0.4) is 0 Å². The van der Waals surface area contributed by atoms with Gasteiger partial charge in [-0.05, 0) is 49.7 Å². The number of likely N-dealkylation sites (N-methyl/N-ethyl adjacent to an activating group) is 1. The fourth-order valence-corrected chi connectivity index (χ4v) is 5.99. The number of sulfonamides is 1. The minimum absolute atomic E-state index is 0.0680. The normalized spacial score (nSPS) is 17.5. The van der Waals surface area contributed by atoms with E-state index in [0.29, 0.717) is 25.9 Å². The average Bonchev–Trinajstić information content (AvgIpc) is 3.20. The molecule has 7 nitrogen and oxygen atoms in total. The van der Waals surface area contributed by atoms with E-state index in [9.17, 15) is 13.2 Å². The fourth-order valence-electron chi connectivity index (χ4n) is 4.43. The number of hydrogen-bond acceptors (Lipinski definition) is 4. The second-order valence-electron chi connectivity index (χ2n) is 8.86. The first-order chi connectivity index (χ1) is 15.8. The van der Waals surface area contributed by atoms with Gasteiger partial charge in [0, 0.05) is 56.9 Å². The van der Waals surface area contributed by atoms with Gasteiger partial charge >= 0.3 is 0 Å². The van der Waals surface area contributed by atoms with Crippen molar-refractivity contribution in [3.63, 3.8) is 0 Å². The summed E-state index contributed by atoms with van der Waals surface area (Å²) in [6.45, 7) is 2.75. The number of nitrogens with one attached hydrogen (secondary N) is 1. The van der Waals surface area contributed by atoms with Gasteiger partial charge in [0.2, 0.25) is 15.9 Å². The van der Waals surface area contributed by atoms with Crippen LogP contribution >= 0.6 is 0 Å². The third kappa shape index (κ3) is 5.46. The molecule has 1 aliphatic heterocycles. The lowest BCUT2D eigenvalue weighted by Crippen LogP contribution is -2.46. The van der Waals surface area contributed by atoms with E-state index in [-0.39, 0.29) is 23.3 Å². The Balaban J connectivity index is 1.32. The van der Waals surface area contributed by atoms with Crippen molar-refractivity contribution in [3.8, 4) is 0 Å². The lowest BCUT2D eigenvalue weighted by molar-refractivity contribution is -0.126. The number of carbonyl (C=O) groups is 1. The summed E-state index contributed by atoms with van der Waals surface area (Å²) in [6, 6.07) is 17.3. The van der Waals surface area contributed by atoms with Crippen molar-refractivity contribution >= 4 is 26.8 Å². The molecular formula is C25H32N4O3S. The Morgan fingerprint density at radius 3 is 2.73 bits per heavy atom. The molecule has 1 aromatic heterocycles. The number of piperidine rings is 1. The van der Waals surface area contributed by atoms with Crippen LogP contribution in [0.4, 0.5) is 0 Å². The van der Waals surface area contributed by atoms with Crippen LogP contribution < -0.4 is 5.32 Å². The van der Waals surface area contributed by atoms with E-state index >= 15 is 0 Å². The largest absolute Gasteiger partial charge is 0.355 e. The van der Waals surface area contributed by atoms with Gasteiger partial charge in [0.15, 0.2) is 0 Å². The summed E-state index contributed by atoms with van der Waals surface area (Å²) >= 11 is 0. The van der Waals surface area contributed by atoms with Crippen molar-refractivity contribution in [2.75, 3.05) is 33.2 Å². The molecular weight excluding hydrogens is 436 g/mol. The van der Waals surface area contributed by atoms with Gasteiger partial charge in [-0.3, -0.25) is 4.79 Å². The standard InChI is InChI=1S/C25H32N4O3S/c1-27(18-20-7-4-3-5-8-20)16-13-26-25(30)22-9-6-14-29(19-22)33(31,32)23-10-11-24-21(17-23)12-15-28(24)2/h3-5,7-8,10-12,15,17,22H,6,9,13-14,16,18-19H2,1-2H3,(H,26,30)/t22-/m0/s1. The maximum absolute atomic E-state index is 13.3. The molecule has 0 aliphatic carbocycles. The number of amides is 1. The number of rotatable bonds is 8. The minimum atomic E-state index is -3.64. The molecule has 33 heavy (non-hydrogen) atoms. The van der Waals surface area contributed by atoms with Crippen molar-refractivity contribution in [3.05, 3.63) is 66.4 Å². The Hall–Kier alpha value is -2.68. The van der Waals surface area contributed by atoms with Crippen LogP contribution in [-0.2, 0) is 28.4 Å². The molecule has 0 spiro atoms. The quantitative estimate of drug-likeness (QED) is 0.552. The van der Waals surface area contributed by atoms with Crippen LogP contribution in [0.2, 0.25) is 0 Å². The van der Waals surface area contributed by atoms with Gasteiger partial charge in [-0.2, -0.15) is 4.31 Å². The SMILES string of the molecule is CN(CCNC(=O)[C@H]1CCCN(S(=O)(=O)c2ccc3c(ccn3C)c2)C1)Cc1ccccc1. The van der Waals surface area contributed by atoms with Crippen LogP contribution in [0.5, 0.6) is 0 Å². The molecule has 0 radical (unpaired) electrons. The van der Waals surface area contributed by atoms with Crippen LogP contribution in [0.1, 0.15) is 18.4 Å². The smallest absolute Gasteiger partial charge is 0.243 e. The fraction of sp³-hybridized carbons (Fsp3) is 0.400. The van der Waals surface area contributed by atoms with Gasteiger partial charge in [0.25, 0.3) is 0 Å². The summed E-state index contributed by atoms with van der Waals surface area (Å²) in [7, 11) is 0.316. The number of carbonyl (C=O) groups excluding carboxylic acids is 1. The van der Waals surface area contributed by atoms with Gasteiger partial charge in [0.1, 0.15) is 0 Å². The van der Waals surface area contributed by atoms with Crippen molar-refractivity contribution < 1.29 is 13.2 Å². The number of nitrogens with zero attached hydrogens (tertiary/aromatic N) is 3. The highest BCUT2D eigenvalue weighted by molar-refractivity contribution is 7.89. The third-order valence-electron chi connectivity index (χ3n) is 6.34. The lowest BCUT2D eigenvalue weighted by atomic mass is 9.99. The Morgan fingerprint density at radius 2 is 1.94 bits per heavy atom. The zero-order valence-electron chi connectivity index (χ0n) is 19.3. The highest BCUT2D eigenvalue weighted by Gasteiger charge is 2.33. The summed E-state index contributed by atoms with van der Waals surface area (Å²) in [5.41, 5.74) is 2.22. The molecule has 176 valence electrons. The van der Waals surface area contributed by atoms with Crippen molar-refractivity contribution in [2.45, 2.75) is 24.3 Å². The van der Waals surface area contributed by atoms with Gasteiger partial charge in [-0.1, -0.05) is 30.3 Å². The van der Waals surface area contributed by atoms with Gasteiger partial charge < -0.3 is 14.8 Å². The van der Waals surface area contributed by atoms with E-state index in [1.165, 1.54) is 9.87 Å². The van der Waals surface area contributed by atoms with Crippen molar-refractivity contribution in [2.24, 2.45) is 13.0 Å². The highest BCUT2D eigenvalue weighted by atomic mass is 32.2. The van der Waals surface area contributed by atoms with E-state index in [1.807, 2.05) is 55.2 Å². The molecule has 0 unspecified atom stereocenters. The third-order valence-corrected chi connectivity index (χ3v) is 8.20. The predicted molar refractivity (Wildman–Crippen MR) is 130 cm³/mol. The summed E-state index contributed by atoms with van der Waals surface area (Å²) in [6.07, 6.45) is 3.30. The Labute approximate surface area is 196 Å². The van der Waals surface area contributed by atoms with Crippen LogP contribution in [0, 0.1) is 5.92 Å². The molecule has 8 heteroatoms. The van der Waals surface area contributed by atoms with Crippen molar-refractivity contribution in [1.82, 2.24) is 19.1 Å². The molecule has 2 aromatic carbocycles. The zero-order chi connectivity index (χ0) is 23.4. The molecule has 0 bridgehead atoms. The molecule has 1 fully saturated rings. The molecule has 4 rings (SSSR count). The second kappa shape index (κ2) is 10.1. The first-order valence-electron chi connectivity index (χ1n) is 11.4. The van der Waals surface area contributed by atoms with E-state index in [0.717, 1.165) is 24.0 Å². The number of benzene rings is 2. The molecule has 1 aliphatic rings. The lowest BCUT2D eigenvalue weighted by Gasteiger charge is -2.31. The molecule has 3 aromatic rings. The Bertz CT molecular complexity index is 1210. The van der Waals surface area contributed by atoms with Gasteiger partial charge in [-0.15, -0.1) is 0 Å². The van der Waals surface area contributed by atoms with Gasteiger partial charge in [-0.25, -0.2) is 8.42 Å². The maximum atomic E-state index is 13.3. The van der Waals surface area contributed by atoms with Gasteiger partial charge in [0.05, 0.1) is 10.8 Å². The summed E-state index contributed by atoms with van der Waals surface area (Å²) in [5, 5.41) is 3.90. The molecule has 2 heterocycles. The highest BCUT2D eigenvalue weighted by Crippen LogP contribution is 2.26. The molecule has 1 amide bonds. The van der Waals surface area contributed by atoms with Crippen LogP contribution in [0.25, 0.3) is 10.9 Å². The molecule has 1 atom stereocenters. The Kier molecular flexibility index (Phi) is 7.17. The first kappa shape index (κ1) is 23.5. The van der Waals surface area contributed by atoms with Crippen molar-refractivity contribution in [1.29, 1.82) is 0 Å². The van der Waals surface area contributed by atoms with E-state index < -0.39 is 10.0 Å². The van der Waals surface area contributed by atoms with Crippen LogP contribution in [-0.4, -0.2) is 61.3 Å². The number of aryl methyl sites for hydroxylation is 1. The average molecular weight is 469 g/mol. The van der Waals surface area contributed by atoms with Crippen LogP contribution in [0.15, 0.2) is 65.7 Å². The monoisotopic (exact) mass is 468 g/mol. The first-order valence-corrected chi connectivity index (χ1v) is 12.8. The molecule has 1 N–H and O–H groups in total. The summed E-state index contributed by atoms with van der Waals surface area (Å²) in [5.74, 6) is -0.394. The molecule has 0 saturated carbocycles.